The Labute approximate surface area is 188 Å². The van der Waals surface area contributed by atoms with Crippen LogP contribution in [-0.2, 0) is 10.0 Å². The molecule has 1 N–H and O–H groups in total. The van der Waals surface area contributed by atoms with Gasteiger partial charge in [-0.25, -0.2) is 17.8 Å². The van der Waals surface area contributed by atoms with Crippen LogP contribution in [0.3, 0.4) is 0 Å². The van der Waals surface area contributed by atoms with Crippen LogP contribution in [-0.4, -0.2) is 31.3 Å². The van der Waals surface area contributed by atoms with Crippen LogP contribution in [0, 0.1) is 5.82 Å². The molecule has 0 fully saturated rings. The van der Waals surface area contributed by atoms with Crippen molar-refractivity contribution in [2.45, 2.75) is 12.5 Å². The number of nitrogens with one attached hydrogen (secondary N) is 1. The first-order valence-electron chi connectivity index (χ1n) is 9.19. The van der Waals surface area contributed by atoms with E-state index in [4.69, 9.17) is 11.6 Å². The molecule has 31 heavy (non-hydrogen) atoms. The van der Waals surface area contributed by atoms with Crippen molar-refractivity contribution < 1.29 is 17.6 Å². The zero-order valence-corrected chi connectivity index (χ0v) is 18.6. The smallest absolute Gasteiger partial charge is 0.284 e. The number of anilines is 1. The third-order valence-corrected chi connectivity index (χ3v) is 6.43. The number of hydrogen-bond acceptors (Lipinski definition) is 5. The molecule has 0 radical (unpaired) electrons. The lowest BCUT2D eigenvalue weighted by Crippen LogP contribution is -2.26. The number of nitrogens with zero attached hydrogens (tertiary/aromatic N) is 2. The molecule has 1 aliphatic rings. The van der Waals surface area contributed by atoms with Gasteiger partial charge in [-0.2, -0.15) is 5.10 Å². The Hall–Kier alpha value is -2.75. The first kappa shape index (κ1) is 21.5. The molecule has 160 valence electrons. The van der Waals surface area contributed by atoms with Crippen LogP contribution >= 0.6 is 22.9 Å². The van der Waals surface area contributed by atoms with E-state index in [1.165, 1.54) is 28.5 Å². The summed E-state index contributed by atoms with van der Waals surface area (Å²) < 4.78 is 39.3. The van der Waals surface area contributed by atoms with Crippen molar-refractivity contribution in [1.82, 2.24) is 5.01 Å². The molecule has 4 rings (SSSR count). The van der Waals surface area contributed by atoms with Gasteiger partial charge in [-0.1, -0.05) is 35.9 Å². The fourth-order valence-corrected chi connectivity index (χ4v) is 4.74. The molecule has 0 saturated carbocycles. The minimum absolute atomic E-state index is 0.0335. The van der Waals surface area contributed by atoms with Crippen molar-refractivity contribution in [1.29, 1.82) is 0 Å². The SMILES string of the molecule is CS(=O)(=O)Nc1cccc(C2=NN(C(=O)c3cccs3)C(c3ccc(F)c(Cl)c3)C2)c1. The quantitative estimate of drug-likeness (QED) is 0.567. The molecule has 2 heterocycles. The van der Waals surface area contributed by atoms with Gasteiger partial charge in [0, 0.05) is 12.1 Å². The Morgan fingerprint density at radius 2 is 2.03 bits per heavy atom. The molecule has 1 amide bonds. The molecule has 6 nitrogen and oxygen atoms in total. The number of rotatable bonds is 5. The molecule has 0 spiro atoms. The third kappa shape index (κ3) is 4.79. The van der Waals surface area contributed by atoms with E-state index in [1.54, 1.807) is 47.8 Å². The topological polar surface area (TPSA) is 78.8 Å². The largest absolute Gasteiger partial charge is 0.284 e. The summed E-state index contributed by atoms with van der Waals surface area (Å²) in [6, 6.07) is 14.2. The van der Waals surface area contributed by atoms with Crippen molar-refractivity contribution in [2.24, 2.45) is 5.10 Å². The van der Waals surface area contributed by atoms with Gasteiger partial charge < -0.3 is 0 Å². The maximum absolute atomic E-state index is 13.7. The van der Waals surface area contributed by atoms with Gasteiger partial charge in [-0.05, 0) is 46.8 Å². The molecule has 1 aromatic heterocycles. The first-order valence-corrected chi connectivity index (χ1v) is 12.3. The standard InChI is InChI=1S/C21H17ClFN3O3S2/c1-31(28,29)25-15-5-2-4-13(10-15)18-12-19(14-7-8-17(23)16(22)11-14)26(24-18)21(27)20-6-3-9-30-20/h2-11,19,25H,12H2,1H3. The van der Waals surface area contributed by atoms with Gasteiger partial charge in [-0.3, -0.25) is 9.52 Å². The predicted octanol–water partition coefficient (Wildman–Crippen LogP) is 4.90. The number of hydrazone groups is 1. The predicted molar refractivity (Wildman–Crippen MR) is 121 cm³/mol. The Balaban J connectivity index is 1.72. The number of carbonyl (C=O) groups is 1. The molecule has 10 heteroatoms. The summed E-state index contributed by atoms with van der Waals surface area (Å²) in [6.07, 6.45) is 1.43. The highest BCUT2D eigenvalue weighted by Gasteiger charge is 2.34. The van der Waals surface area contributed by atoms with E-state index in [0.29, 0.717) is 33.8 Å². The molecule has 0 saturated heterocycles. The van der Waals surface area contributed by atoms with Gasteiger partial charge in [-0.15, -0.1) is 11.3 Å². The van der Waals surface area contributed by atoms with Gasteiger partial charge >= 0.3 is 0 Å². The fraction of sp³-hybridized carbons (Fsp3) is 0.143. The van der Waals surface area contributed by atoms with Gasteiger partial charge in [0.2, 0.25) is 10.0 Å². The molecular formula is C21H17ClFN3O3S2. The van der Waals surface area contributed by atoms with E-state index in [2.05, 4.69) is 9.82 Å². The van der Waals surface area contributed by atoms with Crippen LogP contribution in [0.4, 0.5) is 10.1 Å². The highest BCUT2D eigenvalue weighted by atomic mass is 35.5. The van der Waals surface area contributed by atoms with Crippen molar-refractivity contribution in [3.63, 3.8) is 0 Å². The molecule has 3 aromatic rings. The summed E-state index contributed by atoms with van der Waals surface area (Å²) in [7, 11) is -3.44. The van der Waals surface area contributed by atoms with Crippen LogP contribution < -0.4 is 4.72 Å². The molecule has 0 bridgehead atoms. The molecule has 1 aliphatic heterocycles. The zero-order valence-electron chi connectivity index (χ0n) is 16.2. The third-order valence-electron chi connectivity index (χ3n) is 4.68. The molecule has 0 aliphatic carbocycles. The lowest BCUT2D eigenvalue weighted by Gasteiger charge is -2.21. The van der Waals surface area contributed by atoms with E-state index >= 15 is 0 Å². The number of carbonyl (C=O) groups excluding carboxylic acids is 1. The Bertz CT molecular complexity index is 1280. The number of benzene rings is 2. The van der Waals surface area contributed by atoms with Gasteiger partial charge in [0.25, 0.3) is 5.91 Å². The molecule has 2 aromatic carbocycles. The van der Waals surface area contributed by atoms with Gasteiger partial charge in [0.1, 0.15) is 5.82 Å². The van der Waals surface area contributed by atoms with E-state index in [0.717, 1.165) is 6.26 Å². The number of hydrogen-bond donors (Lipinski definition) is 1. The fourth-order valence-electron chi connectivity index (χ4n) is 3.34. The average Bonchev–Trinajstić information content (AvgIpc) is 3.39. The number of sulfonamides is 1. The van der Waals surface area contributed by atoms with Crippen LogP contribution in [0.2, 0.25) is 5.02 Å². The summed E-state index contributed by atoms with van der Waals surface area (Å²) >= 11 is 7.28. The Morgan fingerprint density at radius 3 is 2.71 bits per heavy atom. The van der Waals surface area contributed by atoms with Crippen LogP contribution in [0.15, 0.2) is 65.1 Å². The maximum Gasteiger partial charge on any atom is 0.284 e. The summed E-state index contributed by atoms with van der Waals surface area (Å²) in [5.74, 6) is -0.818. The number of halogens is 2. The first-order chi connectivity index (χ1) is 14.7. The molecule has 1 atom stereocenters. The van der Waals surface area contributed by atoms with Crippen LogP contribution in [0.5, 0.6) is 0 Å². The van der Waals surface area contributed by atoms with E-state index in [9.17, 15) is 17.6 Å². The van der Waals surface area contributed by atoms with E-state index in [1.807, 2.05) is 0 Å². The zero-order chi connectivity index (χ0) is 22.2. The highest BCUT2D eigenvalue weighted by Crippen LogP contribution is 2.36. The van der Waals surface area contributed by atoms with Crippen LogP contribution in [0.1, 0.15) is 33.3 Å². The summed E-state index contributed by atoms with van der Waals surface area (Å²) in [5.41, 5.74) is 2.33. The molecule has 1 unspecified atom stereocenters. The maximum atomic E-state index is 13.7. The van der Waals surface area contributed by atoms with Crippen molar-refractivity contribution in [2.75, 3.05) is 11.0 Å². The Kier molecular flexibility index (Phi) is 5.83. The van der Waals surface area contributed by atoms with Crippen molar-refractivity contribution in [3.05, 3.63) is 86.8 Å². The normalized spacial score (nSPS) is 16.3. The highest BCUT2D eigenvalue weighted by molar-refractivity contribution is 7.92. The van der Waals surface area contributed by atoms with Crippen LogP contribution in [0.25, 0.3) is 0 Å². The van der Waals surface area contributed by atoms with Gasteiger partial charge in [0.05, 0.1) is 27.9 Å². The van der Waals surface area contributed by atoms with Crippen molar-refractivity contribution in [3.8, 4) is 0 Å². The van der Waals surface area contributed by atoms with Crippen molar-refractivity contribution >= 4 is 50.3 Å². The second-order valence-electron chi connectivity index (χ2n) is 7.02. The lowest BCUT2D eigenvalue weighted by molar-refractivity contribution is 0.0716. The Morgan fingerprint density at radius 1 is 1.23 bits per heavy atom. The summed E-state index contributed by atoms with van der Waals surface area (Å²) in [6.45, 7) is 0. The second kappa shape index (κ2) is 8.41. The van der Waals surface area contributed by atoms with E-state index in [-0.39, 0.29) is 10.9 Å². The number of thiophene rings is 1. The monoisotopic (exact) mass is 477 g/mol. The van der Waals surface area contributed by atoms with E-state index < -0.39 is 21.9 Å². The number of amides is 1. The average molecular weight is 478 g/mol. The minimum Gasteiger partial charge on any atom is -0.284 e. The van der Waals surface area contributed by atoms with Gasteiger partial charge in [0.15, 0.2) is 0 Å². The summed E-state index contributed by atoms with van der Waals surface area (Å²) in [4.78, 5) is 13.6. The minimum atomic E-state index is -3.44. The summed E-state index contributed by atoms with van der Waals surface area (Å²) in [5, 5.41) is 7.70. The molecular weight excluding hydrogens is 461 g/mol. The lowest BCUT2D eigenvalue weighted by atomic mass is 9.98. The second-order valence-corrected chi connectivity index (χ2v) is 10.1.